The highest BCUT2D eigenvalue weighted by atomic mass is 16.2. The Morgan fingerprint density at radius 3 is 2.41 bits per heavy atom. The van der Waals surface area contributed by atoms with Crippen molar-refractivity contribution in [2.24, 2.45) is 0 Å². The summed E-state index contributed by atoms with van der Waals surface area (Å²) in [6.45, 7) is 4.63. The fourth-order valence-electron chi connectivity index (χ4n) is 1.99. The van der Waals surface area contributed by atoms with Crippen molar-refractivity contribution in [1.29, 1.82) is 5.26 Å². The van der Waals surface area contributed by atoms with Crippen molar-refractivity contribution in [1.82, 2.24) is 10.6 Å². The molecule has 1 unspecified atom stereocenters. The second-order valence-corrected chi connectivity index (χ2v) is 5.15. The normalized spacial score (nSPS) is 11.3. The number of nitriles is 1. The lowest BCUT2D eigenvalue weighted by Crippen LogP contribution is -2.46. The molecule has 1 aromatic carbocycles. The SMILES string of the molecule is CCCCC(NC(=O)c1ccc(C#N)cc1)C(=O)NCCC. The summed E-state index contributed by atoms with van der Waals surface area (Å²) in [6, 6.07) is 7.85. The van der Waals surface area contributed by atoms with Crippen molar-refractivity contribution in [2.45, 2.75) is 45.6 Å². The zero-order valence-corrected chi connectivity index (χ0v) is 13.2. The fourth-order valence-corrected chi connectivity index (χ4v) is 1.99. The third-order valence-electron chi connectivity index (χ3n) is 3.29. The number of hydrogen-bond donors (Lipinski definition) is 2. The van der Waals surface area contributed by atoms with Gasteiger partial charge in [-0.3, -0.25) is 9.59 Å². The molecule has 0 saturated carbocycles. The van der Waals surface area contributed by atoms with Gasteiger partial charge in [0.15, 0.2) is 0 Å². The largest absolute Gasteiger partial charge is 0.354 e. The lowest BCUT2D eigenvalue weighted by molar-refractivity contribution is -0.123. The van der Waals surface area contributed by atoms with E-state index in [9.17, 15) is 9.59 Å². The van der Waals surface area contributed by atoms with Crippen molar-refractivity contribution < 1.29 is 9.59 Å². The number of rotatable bonds is 8. The van der Waals surface area contributed by atoms with Gasteiger partial charge in [0.2, 0.25) is 5.91 Å². The molecule has 5 heteroatoms. The Labute approximate surface area is 131 Å². The van der Waals surface area contributed by atoms with Crippen LogP contribution in [0.15, 0.2) is 24.3 Å². The highest BCUT2D eigenvalue weighted by Crippen LogP contribution is 2.06. The number of nitrogens with one attached hydrogen (secondary N) is 2. The van der Waals surface area contributed by atoms with Gasteiger partial charge in [-0.2, -0.15) is 5.26 Å². The lowest BCUT2D eigenvalue weighted by Gasteiger charge is -2.18. The summed E-state index contributed by atoms with van der Waals surface area (Å²) >= 11 is 0. The smallest absolute Gasteiger partial charge is 0.251 e. The molecule has 1 atom stereocenters. The molecule has 0 aliphatic carbocycles. The van der Waals surface area contributed by atoms with Crippen LogP contribution in [-0.4, -0.2) is 24.4 Å². The van der Waals surface area contributed by atoms with Gasteiger partial charge in [0.1, 0.15) is 6.04 Å². The first-order valence-corrected chi connectivity index (χ1v) is 7.71. The predicted octanol–water partition coefficient (Wildman–Crippen LogP) is 2.37. The van der Waals surface area contributed by atoms with Crippen LogP contribution < -0.4 is 10.6 Å². The molecule has 0 fully saturated rings. The van der Waals surface area contributed by atoms with Gasteiger partial charge in [-0.15, -0.1) is 0 Å². The van der Waals surface area contributed by atoms with Crippen molar-refractivity contribution in [3.05, 3.63) is 35.4 Å². The number of amides is 2. The number of carbonyl (C=O) groups is 2. The first-order valence-electron chi connectivity index (χ1n) is 7.71. The second kappa shape index (κ2) is 9.56. The Hall–Kier alpha value is -2.35. The number of carbonyl (C=O) groups excluding carboxylic acids is 2. The summed E-state index contributed by atoms with van der Waals surface area (Å²) in [6.07, 6.45) is 3.31. The molecule has 5 nitrogen and oxygen atoms in total. The van der Waals surface area contributed by atoms with Crippen molar-refractivity contribution in [2.75, 3.05) is 6.54 Å². The summed E-state index contributed by atoms with van der Waals surface area (Å²) in [5.41, 5.74) is 0.948. The van der Waals surface area contributed by atoms with Crippen LogP contribution >= 0.6 is 0 Å². The number of benzene rings is 1. The van der Waals surface area contributed by atoms with Gasteiger partial charge in [0, 0.05) is 12.1 Å². The van der Waals surface area contributed by atoms with Crippen molar-refractivity contribution >= 4 is 11.8 Å². The van der Waals surface area contributed by atoms with Crippen molar-refractivity contribution in [3.63, 3.8) is 0 Å². The number of nitrogens with zero attached hydrogens (tertiary/aromatic N) is 1. The average molecular weight is 301 g/mol. The lowest BCUT2D eigenvalue weighted by atomic mass is 10.1. The topological polar surface area (TPSA) is 82.0 Å². The molecule has 2 amide bonds. The summed E-state index contributed by atoms with van der Waals surface area (Å²) < 4.78 is 0. The minimum Gasteiger partial charge on any atom is -0.354 e. The Balaban J connectivity index is 2.72. The standard InChI is InChI=1S/C17H23N3O2/c1-3-5-6-15(17(22)19-11-4-2)20-16(21)14-9-7-13(12-18)8-10-14/h7-10,15H,3-6,11H2,1-2H3,(H,19,22)(H,20,21). The average Bonchev–Trinajstić information content (AvgIpc) is 2.56. The van der Waals surface area contributed by atoms with Crippen LogP contribution in [0.3, 0.4) is 0 Å². The minimum absolute atomic E-state index is 0.141. The number of unbranched alkanes of at least 4 members (excludes halogenated alkanes) is 1. The summed E-state index contributed by atoms with van der Waals surface area (Å²) in [7, 11) is 0. The molecule has 118 valence electrons. The quantitative estimate of drug-likeness (QED) is 0.773. The monoisotopic (exact) mass is 301 g/mol. The maximum Gasteiger partial charge on any atom is 0.251 e. The molecule has 0 aliphatic heterocycles. The molecule has 1 aromatic rings. The van der Waals surface area contributed by atoms with Crippen molar-refractivity contribution in [3.8, 4) is 6.07 Å². The summed E-state index contributed by atoms with van der Waals surface area (Å²) in [5.74, 6) is -0.436. The van der Waals surface area contributed by atoms with E-state index in [4.69, 9.17) is 5.26 Å². The molecule has 0 radical (unpaired) electrons. The summed E-state index contributed by atoms with van der Waals surface area (Å²) in [5, 5.41) is 14.4. The molecule has 0 aliphatic rings. The maximum atomic E-state index is 12.2. The molecule has 1 rings (SSSR count). The van der Waals surface area contributed by atoms with E-state index in [1.165, 1.54) is 0 Å². The van der Waals surface area contributed by atoms with E-state index in [-0.39, 0.29) is 11.8 Å². The summed E-state index contributed by atoms with van der Waals surface area (Å²) in [4.78, 5) is 24.3. The van der Waals surface area contributed by atoms with Crippen LogP contribution in [0.25, 0.3) is 0 Å². The molecule has 0 bridgehead atoms. The Morgan fingerprint density at radius 2 is 1.86 bits per heavy atom. The molecule has 0 heterocycles. The first kappa shape index (κ1) is 17.7. The van der Waals surface area contributed by atoms with E-state index in [0.717, 1.165) is 19.3 Å². The van der Waals surface area contributed by atoms with E-state index < -0.39 is 6.04 Å². The van der Waals surface area contributed by atoms with Gasteiger partial charge < -0.3 is 10.6 Å². The Morgan fingerprint density at radius 1 is 1.18 bits per heavy atom. The fraction of sp³-hybridized carbons (Fsp3) is 0.471. The van der Waals surface area contributed by atoms with Crippen LogP contribution in [0.2, 0.25) is 0 Å². The van der Waals surface area contributed by atoms with E-state index >= 15 is 0 Å². The molecule has 2 N–H and O–H groups in total. The predicted molar refractivity (Wildman–Crippen MR) is 85.2 cm³/mol. The van der Waals surface area contributed by atoms with E-state index in [0.29, 0.717) is 24.1 Å². The Bertz CT molecular complexity index is 532. The first-order chi connectivity index (χ1) is 10.6. The maximum absolute atomic E-state index is 12.2. The van der Waals surface area contributed by atoms with Gasteiger partial charge in [-0.05, 0) is 37.1 Å². The van der Waals surface area contributed by atoms with Gasteiger partial charge in [0.05, 0.1) is 11.6 Å². The van der Waals surface area contributed by atoms with Crippen LogP contribution in [0, 0.1) is 11.3 Å². The highest BCUT2D eigenvalue weighted by molar-refractivity contribution is 5.97. The van der Waals surface area contributed by atoms with Crippen LogP contribution in [0.5, 0.6) is 0 Å². The molecular weight excluding hydrogens is 278 g/mol. The highest BCUT2D eigenvalue weighted by Gasteiger charge is 2.20. The van der Waals surface area contributed by atoms with E-state index in [1.54, 1.807) is 24.3 Å². The molecule has 0 spiro atoms. The zero-order valence-electron chi connectivity index (χ0n) is 13.2. The third kappa shape index (κ3) is 5.57. The van der Waals surface area contributed by atoms with Crippen LogP contribution in [0.4, 0.5) is 0 Å². The second-order valence-electron chi connectivity index (χ2n) is 5.15. The molecule has 0 saturated heterocycles. The van der Waals surface area contributed by atoms with Gasteiger partial charge in [0.25, 0.3) is 5.91 Å². The van der Waals surface area contributed by atoms with Gasteiger partial charge in [-0.25, -0.2) is 0 Å². The minimum atomic E-state index is -0.519. The van der Waals surface area contributed by atoms with Crippen LogP contribution in [-0.2, 0) is 4.79 Å². The molecule has 22 heavy (non-hydrogen) atoms. The molecular formula is C17H23N3O2. The number of hydrogen-bond acceptors (Lipinski definition) is 3. The Kier molecular flexibility index (Phi) is 7.69. The molecule has 0 aromatic heterocycles. The van der Waals surface area contributed by atoms with E-state index in [2.05, 4.69) is 10.6 Å². The van der Waals surface area contributed by atoms with Crippen LogP contribution in [0.1, 0.15) is 55.5 Å². The third-order valence-corrected chi connectivity index (χ3v) is 3.29. The van der Waals surface area contributed by atoms with E-state index in [1.807, 2.05) is 19.9 Å². The van der Waals surface area contributed by atoms with Gasteiger partial charge >= 0.3 is 0 Å². The zero-order chi connectivity index (χ0) is 16.4. The van der Waals surface area contributed by atoms with Gasteiger partial charge in [-0.1, -0.05) is 26.7 Å².